The van der Waals surface area contributed by atoms with Crippen LogP contribution in [0.3, 0.4) is 0 Å². The molecule has 0 aromatic heterocycles. The fraction of sp³-hybridized carbons (Fsp3) is 0.333. The molecule has 0 saturated carbocycles. The molecule has 0 aromatic rings. The van der Waals surface area contributed by atoms with Crippen LogP contribution in [0, 0.1) is 0 Å². The van der Waals surface area contributed by atoms with Crippen molar-refractivity contribution in [2.24, 2.45) is 0 Å². The molecule has 0 radical (unpaired) electrons. The summed E-state index contributed by atoms with van der Waals surface area (Å²) in [5.74, 6) is 0.306. The number of hydrogen-bond acceptors (Lipinski definition) is 2. The summed E-state index contributed by atoms with van der Waals surface area (Å²) in [4.78, 5) is 1.64. The first kappa shape index (κ1) is 16.4. The molecular formula is C9H19NO. The van der Waals surface area contributed by atoms with Crippen molar-refractivity contribution >= 4 is 0 Å². The highest BCUT2D eigenvalue weighted by Crippen LogP contribution is 1.88. The maximum absolute atomic E-state index is 8.72. The second-order valence-electron chi connectivity index (χ2n) is 1.54. The molecule has 0 bridgehead atoms. The van der Waals surface area contributed by atoms with E-state index in [9.17, 15) is 0 Å². The Hall–Kier alpha value is -1.18. The molecule has 0 rings (SSSR count). The Bertz CT molecular complexity index is 95.7. The topological polar surface area (TPSA) is 23.5 Å². The van der Waals surface area contributed by atoms with Crippen LogP contribution in [0.4, 0.5) is 0 Å². The molecule has 0 aliphatic heterocycles. The van der Waals surface area contributed by atoms with Crippen LogP contribution in [0.15, 0.2) is 38.3 Å². The average molecular weight is 157 g/mol. The van der Waals surface area contributed by atoms with Gasteiger partial charge in [0.2, 0.25) is 0 Å². The van der Waals surface area contributed by atoms with Gasteiger partial charge < -0.3 is 10.0 Å². The zero-order chi connectivity index (χ0) is 9.86. The minimum absolute atomic E-state index is 0.306. The Morgan fingerprint density at radius 3 is 1.45 bits per heavy atom. The van der Waals surface area contributed by atoms with Crippen molar-refractivity contribution in [1.29, 1.82) is 0 Å². The van der Waals surface area contributed by atoms with E-state index in [0.29, 0.717) is 5.88 Å². The van der Waals surface area contributed by atoms with Gasteiger partial charge >= 0.3 is 0 Å². The highest BCUT2D eigenvalue weighted by molar-refractivity contribution is 4.83. The van der Waals surface area contributed by atoms with Crippen molar-refractivity contribution in [3.8, 4) is 0 Å². The normalized spacial score (nSPS) is 8.09. The first-order valence-corrected chi connectivity index (χ1v) is 3.21. The van der Waals surface area contributed by atoms with Crippen molar-refractivity contribution in [3.63, 3.8) is 0 Å². The van der Waals surface area contributed by atoms with Gasteiger partial charge in [-0.15, -0.1) is 26.3 Å². The average Bonchev–Trinajstić information content (AvgIpc) is 2.10. The maximum Gasteiger partial charge on any atom is 0.181 e. The van der Waals surface area contributed by atoms with Crippen LogP contribution in [0.1, 0.15) is 6.92 Å². The van der Waals surface area contributed by atoms with Crippen LogP contribution < -0.4 is 0 Å². The molecule has 1 N–H and O–H groups in total. The number of hydrogen-bond donors (Lipinski definition) is 1. The third-order valence-corrected chi connectivity index (χ3v) is 0.716. The van der Waals surface area contributed by atoms with Crippen LogP contribution in [-0.2, 0) is 0 Å². The molecule has 0 fully saturated rings. The lowest BCUT2D eigenvalue weighted by molar-refractivity contribution is 0.263. The number of aliphatic hydroxyl groups is 1. The Labute approximate surface area is 70.2 Å². The predicted molar refractivity (Wildman–Crippen MR) is 52.6 cm³/mol. The fourth-order valence-corrected chi connectivity index (χ4v) is 0.258. The zero-order valence-electron chi connectivity index (χ0n) is 7.80. The molecule has 2 heteroatoms. The predicted octanol–water partition coefficient (Wildman–Crippen LogP) is 2.57. The molecule has 66 valence electrons. The molecule has 0 heterocycles. The SMILES string of the molecule is C/C=C(\O)N(C)C.C=C.C=C. The monoisotopic (exact) mass is 157 g/mol. The van der Waals surface area contributed by atoms with Crippen molar-refractivity contribution < 1.29 is 5.11 Å². The van der Waals surface area contributed by atoms with Crippen LogP contribution in [0.25, 0.3) is 0 Å². The quantitative estimate of drug-likeness (QED) is 0.467. The summed E-state index contributed by atoms with van der Waals surface area (Å²) < 4.78 is 0. The molecule has 0 atom stereocenters. The largest absolute Gasteiger partial charge is 0.495 e. The van der Waals surface area contributed by atoms with Gasteiger partial charge in [0, 0.05) is 14.1 Å². The van der Waals surface area contributed by atoms with Crippen molar-refractivity contribution in [2.45, 2.75) is 6.92 Å². The lowest BCUT2D eigenvalue weighted by atomic mass is 10.6. The lowest BCUT2D eigenvalue weighted by Crippen LogP contribution is -2.09. The molecule has 0 unspecified atom stereocenters. The number of nitrogens with zero attached hydrogens (tertiary/aromatic N) is 1. The Morgan fingerprint density at radius 1 is 1.18 bits per heavy atom. The molecule has 2 nitrogen and oxygen atoms in total. The van der Waals surface area contributed by atoms with Gasteiger partial charge in [-0.1, -0.05) is 0 Å². The molecule has 0 aliphatic carbocycles. The summed E-state index contributed by atoms with van der Waals surface area (Å²) in [7, 11) is 3.57. The highest BCUT2D eigenvalue weighted by Gasteiger charge is 1.86. The van der Waals surface area contributed by atoms with Gasteiger partial charge in [0.1, 0.15) is 0 Å². The van der Waals surface area contributed by atoms with E-state index in [1.54, 1.807) is 32.0 Å². The van der Waals surface area contributed by atoms with E-state index in [1.807, 2.05) is 0 Å². The highest BCUT2D eigenvalue weighted by atomic mass is 16.3. The summed E-state index contributed by atoms with van der Waals surface area (Å²) in [5.41, 5.74) is 0. The molecule has 11 heavy (non-hydrogen) atoms. The van der Waals surface area contributed by atoms with Gasteiger partial charge in [0.15, 0.2) is 5.88 Å². The van der Waals surface area contributed by atoms with Crippen molar-refractivity contribution in [1.82, 2.24) is 4.90 Å². The van der Waals surface area contributed by atoms with Crippen molar-refractivity contribution in [2.75, 3.05) is 14.1 Å². The first-order chi connectivity index (χ1) is 5.18. The number of allylic oxidation sites excluding steroid dienone is 1. The smallest absolute Gasteiger partial charge is 0.181 e. The minimum Gasteiger partial charge on any atom is -0.495 e. The zero-order valence-corrected chi connectivity index (χ0v) is 7.80. The van der Waals surface area contributed by atoms with E-state index in [0.717, 1.165) is 0 Å². The van der Waals surface area contributed by atoms with E-state index >= 15 is 0 Å². The molecule has 0 aromatic carbocycles. The van der Waals surface area contributed by atoms with Gasteiger partial charge in [-0.05, 0) is 13.0 Å². The standard InChI is InChI=1S/C5H11NO.2C2H4/c1-4-5(7)6(2)3;2*1-2/h4,7H,1-3H3;2*1-2H2/b5-4-;;. The van der Waals surface area contributed by atoms with Gasteiger partial charge in [-0.3, -0.25) is 0 Å². The third kappa shape index (κ3) is 17.7. The molecule has 0 aliphatic rings. The summed E-state index contributed by atoms with van der Waals surface area (Å²) >= 11 is 0. The molecular weight excluding hydrogens is 138 g/mol. The third-order valence-electron chi connectivity index (χ3n) is 0.716. The Kier molecular flexibility index (Phi) is 23.8. The Balaban J connectivity index is -0.000000138. The van der Waals surface area contributed by atoms with E-state index in [-0.39, 0.29) is 0 Å². The molecule has 0 amide bonds. The van der Waals surface area contributed by atoms with Gasteiger partial charge in [0.25, 0.3) is 0 Å². The van der Waals surface area contributed by atoms with Crippen molar-refractivity contribution in [3.05, 3.63) is 38.3 Å². The van der Waals surface area contributed by atoms with Crippen LogP contribution in [-0.4, -0.2) is 24.1 Å². The fourth-order valence-electron chi connectivity index (χ4n) is 0.258. The van der Waals surface area contributed by atoms with E-state index in [2.05, 4.69) is 26.3 Å². The van der Waals surface area contributed by atoms with E-state index in [4.69, 9.17) is 5.11 Å². The van der Waals surface area contributed by atoms with Crippen LogP contribution in [0.5, 0.6) is 0 Å². The van der Waals surface area contributed by atoms with Crippen LogP contribution in [0.2, 0.25) is 0 Å². The first-order valence-electron chi connectivity index (χ1n) is 3.21. The van der Waals surface area contributed by atoms with Gasteiger partial charge in [0.05, 0.1) is 0 Å². The summed E-state index contributed by atoms with van der Waals surface area (Å²) in [5, 5.41) is 8.72. The second-order valence-corrected chi connectivity index (χ2v) is 1.54. The summed E-state index contributed by atoms with van der Waals surface area (Å²) in [6.07, 6.45) is 1.64. The molecule has 0 saturated heterocycles. The van der Waals surface area contributed by atoms with E-state index < -0.39 is 0 Å². The summed E-state index contributed by atoms with van der Waals surface area (Å²) in [6, 6.07) is 0. The lowest BCUT2D eigenvalue weighted by Gasteiger charge is -2.08. The van der Waals surface area contributed by atoms with E-state index in [1.165, 1.54) is 0 Å². The van der Waals surface area contributed by atoms with Crippen LogP contribution >= 0.6 is 0 Å². The second kappa shape index (κ2) is 15.9. The molecule has 0 spiro atoms. The Morgan fingerprint density at radius 2 is 1.45 bits per heavy atom. The number of rotatable bonds is 1. The van der Waals surface area contributed by atoms with Gasteiger partial charge in [-0.2, -0.15) is 0 Å². The van der Waals surface area contributed by atoms with Gasteiger partial charge in [-0.25, -0.2) is 0 Å². The number of aliphatic hydroxyl groups excluding tert-OH is 1. The summed E-state index contributed by atoms with van der Waals surface area (Å²) in [6.45, 7) is 13.8. The maximum atomic E-state index is 8.72. The minimum atomic E-state index is 0.306.